The molecule has 1 N–H and O–H groups in total. The van der Waals surface area contributed by atoms with Crippen LogP contribution in [0, 0.1) is 23.0 Å². The molecule has 4 rings (SSSR count). The lowest BCUT2D eigenvalue weighted by Gasteiger charge is -2.38. The molecule has 1 heterocycles. The lowest BCUT2D eigenvalue weighted by Crippen LogP contribution is -2.30. The predicted molar refractivity (Wildman–Crippen MR) is 102 cm³/mol. The van der Waals surface area contributed by atoms with Crippen molar-refractivity contribution in [3.05, 3.63) is 80.9 Å². The van der Waals surface area contributed by atoms with Crippen LogP contribution in [0.15, 0.2) is 48.6 Å². The van der Waals surface area contributed by atoms with E-state index in [1.165, 1.54) is 12.7 Å². The highest BCUT2D eigenvalue weighted by Crippen LogP contribution is 2.51. The van der Waals surface area contributed by atoms with Crippen molar-refractivity contribution in [2.45, 2.75) is 25.3 Å². The Kier molecular flexibility index (Phi) is 4.18. The predicted octanol–water partition coefficient (Wildman–Crippen LogP) is 4.52. The fourth-order valence-electron chi connectivity index (χ4n) is 4.28. The second-order valence-electron chi connectivity index (χ2n) is 7.02. The number of carbonyl (C=O) groups is 1. The number of nitrogens with zero attached hydrogens (tertiary/aromatic N) is 1. The van der Waals surface area contributed by atoms with Gasteiger partial charge in [0.05, 0.1) is 23.6 Å². The third-order valence-corrected chi connectivity index (χ3v) is 5.67. The van der Waals surface area contributed by atoms with E-state index in [2.05, 4.69) is 17.5 Å². The zero-order chi connectivity index (χ0) is 19.1. The summed E-state index contributed by atoms with van der Waals surface area (Å²) in [5.74, 6) is 0.238. The van der Waals surface area contributed by atoms with Gasteiger partial charge in [-0.05, 0) is 42.0 Å². The number of ether oxygens (including phenoxy) is 1. The zero-order valence-electron chi connectivity index (χ0n) is 15.1. The average Bonchev–Trinajstić information content (AvgIpc) is 3.17. The van der Waals surface area contributed by atoms with Crippen molar-refractivity contribution in [2.24, 2.45) is 5.92 Å². The lowest BCUT2D eigenvalue weighted by atomic mass is 9.76. The molecule has 0 fully saturated rings. The quantitative estimate of drug-likeness (QED) is 0.375. The Morgan fingerprint density at radius 2 is 1.96 bits per heavy atom. The summed E-state index contributed by atoms with van der Waals surface area (Å²) >= 11 is 0. The Hall–Kier alpha value is -3.15. The van der Waals surface area contributed by atoms with Gasteiger partial charge in [0.2, 0.25) is 0 Å². The third kappa shape index (κ3) is 2.77. The van der Waals surface area contributed by atoms with E-state index in [0.717, 1.165) is 23.2 Å². The van der Waals surface area contributed by atoms with E-state index in [0.29, 0.717) is 11.5 Å². The maximum Gasteiger partial charge on any atom is 0.338 e. The Morgan fingerprint density at radius 3 is 2.63 bits per heavy atom. The van der Waals surface area contributed by atoms with Gasteiger partial charge in [0, 0.05) is 23.7 Å². The first kappa shape index (κ1) is 17.3. The van der Waals surface area contributed by atoms with Crippen LogP contribution in [-0.2, 0) is 4.74 Å². The molecular formula is C21H20N2O4. The minimum Gasteiger partial charge on any atom is -0.465 e. The SMILES string of the molecule is COC(=O)c1ccc2c(c1C)N[C@H](c1ccc([N+](=O)[O-])cc1)[C@H]1CC=C[C@H]21. The Labute approximate surface area is 157 Å². The van der Waals surface area contributed by atoms with Crippen LogP contribution < -0.4 is 5.32 Å². The molecule has 0 unspecified atom stereocenters. The van der Waals surface area contributed by atoms with Gasteiger partial charge in [-0.3, -0.25) is 10.1 Å². The summed E-state index contributed by atoms with van der Waals surface area (Å²) in [5.41, 5.74) is 4.63. The van der Waals surface area contributed by atoms with Crippen LogP contribution >= 0.6 is 0 Å². The van der Waals surface area contributed by atoms with Crippen molar-refractivity contribution in [2.75, 3.05) is 12.4 Å². The van der Waals surface area contributed by atoms with E-state index in [4.69, 9.17) is 4.74 Å². The standard InChI is InChI=1S/C21H20N2O4/c1-12-15(21(24)27-2)10-11-18-16-4-3-5-17(16)20(22-19(12)18)13-6-8-14(9-7-13)23(25)26/h3-4,6-11,16-17,20,22H,5H2,1-2H3/t16-,17-,20+/m0/s1. The van der Waals surface area contributed by atoms with E-state index in [-0.39, 0.29) is 28.5 Å². The van der Waals surface area contributed by atoms with Gasteiger partial charge in [0.25, 0.3) is 5.69 Å². The van der Waals surface area contributed by atoms with Crippen LogP contribution in [0.3, 0.4) is 0 Å². The van der Waals surface area contributed by atoms with Crippen molar-refractivity contribution < 1.29 is 14.5 Å². The molecule has 0 spiro atoms. The molecule has 0 saturated heterocycles. The van der Waals surface area contributed by atoms with Crippen LogP contribution in [0.1, 0.15) is 45.4 Å². The van der Waals surface area contributed by atoms with Crippen LogP contribution in [-0.4, -0.2) is 18.0 Å². The van der Waals surface area contributed by atoms with Crippen molar-refractivity contribution in [3.8, 4) is 0 Å². The Bertz CT molecular complexity index is 949. The number of nitrogens with one attached hydrogen (secondary N) is 1. The number of hydrogen-bond acceptors (Lipinski definition) is 5. The first-order valence-corrected chi connectivity index (χ1v) is 8.90. The molecule has 3 atom stereocenters. The molecular weight excluding hydrogens is 344 g/mol. The minimum atomic E-state index is -0.389. The van der Waals surface area contributed by atoms with E-state index in [9.17, 15) is 14.9 Å². The molecule has 138 valence electrons. The summed E-state index contributed by atoms with van der Waals surface area (Å²) in [5, 5.41) is 14.5. The number of carbonyl (C=O) groups excluding carboxylic acids is 1. The van der Waals surface area contributed by atoms with E-state index in [1.54, 1.807) is 12.1 Å². The maximum absolute atomic E-state index is 12.1. The third-order valence-electron chi connectivity index (χ3n) is 5.67. The van der Waals surface area contributed by atoms with Crippen molar-refractivity contribution >= 4 is 17.3 Å². The number of nitro benzene ring substituents is 1. The molecule has 0 bridgehead atoms. The molecule has 6 nitrogen and oxygen atoms in total. The summed E-state index contributed by atoms with van der Waals surface area (Å²) in [6.07, 6.45) is 5.35. The molecule has 6 heteroatoms. The van der Waals surface area contributed by atoms with Gasteiger partial charge in [-0.1, -0.05) is 30.4 Å². The van der Waals surface area contributed by atoms with Crippen LogP contribution in [0.5, 0.6) is 0 Å². The number of benzene rings is 2. The number of fused-ring (bicyclic) bond motifs is 3. The second kappa shape index (κ2) is 6.54. The fraction of sp³-hybridized carbons (Fsp3) is 0.286. The highest BCUT2D eigenvalue weighted by molar-refractivity contribution is 5.93. The lowest BCUT2D eigenvalue weighted by molar-refractivity contribution is -0.384. The highest BCUT2D eigenvalue weighted by atomic mass is 16.6. The molecule has 0 amide bonds. The van der Waals surface area contributed by atoms with E-state index < -0.39 is 0 Å². The number of nitro groups is 1. The Morgan fingerprint density at radius 1 is 1.22 bits per heavy atom. The van der Waals surface area contributed by atoms with Crippen LogP contribution in [0.2, 0.25) is 0 Å². The van der Waals surface area contributed by atoms with Gasteiger partial charge in [0.15, 0.2) is 0 Å². The first-order chi connectivity index (χ1) is 13.0. The van der Waals surface area contributed by atoms with Gasteiger partial charge in [-0.2, -0.15) is 0 Å². The molecule has 27 heavy (non-hydrogen) atoms. The van der Waals surface area contributed by atoms with E-state index >= 15 is 0 Å². The summed E-state index contributed by atoms with van der Waals surface area (Å²) in [7, 11) is 1.38. The first-order valence-electron chi connectivity index (χ1n) is 8.90. The number of methoxy groups -OCH3 is 1. The average molecular weight is 364 g/mol. The molecule has 2 aromatic rings. The van der Waals surface area contributed by atoms with Crippen molar-refractivity contribution in [1.29, 1.82) is 0 Å². The smallest absolute Gasteiger partial charge is 0.338 e. The van der Waals surface area contributed by atoms with Crippen LogP contribution in [0.4, 0.5) is 11.4 Å². The maximum atomic E-state index is 12.1. The van der Waals surface area contributed by atoms with Gasteiger partial charge in [0.1, 0.15) is 0 Å². The molecule has 0 aromatic heterocycles. The largest absolute Gasteiger partial charge is 0.465 e. The fourth-order valence-corrected chi connectivity index (χ4v) is 4.28. The number of anilines is 1. The van der Waals surface area contributed by atoms with Gasteiger partial charge in [-0.25, -0.2) is 4.79 Å². The van der Waals surface area contributed by atoms with Crippen molar-refractivity contribution in [3.63, 3.8) is 0 Å². The topological polar surface area (TPSA) is 81.5 Å². The second-order valence-corrected chi connectivity index (χ2v) is 7.02. The number of hydrogen-bond donors (Lipinski definition) is 1. The molecule has 2 aromatic carbocycles. The van der Waals surface area contributed by atoms with Crippen LogP contribution in [0.25, 0.3) is 0 Å². The van der Waals surface area contributed by atoms with Gasteiger partial charge >= 0.3 is 5.97 Å². The van der Waals surface area contributed by atoms with Gasteiger partial charge in [-0.15, -0.1) is 0 Å². The molecule has 1 aliphatic heterocycles. The van der Waals surface area contributed by atoms with Crippen molar-refractivity contribution in [1.82, 2.24) is 0 Å². The normalized spacial score (nSPS) is 22.5. The molecule has 2 aliphatic rings. The molecule has 1 aliphatic carbocycles. The summed E-state index contributed by atoms with van der Waals surface area (Å²) in [6.45, 7) is 1.92. The number of esters is 1. The van der Waals surface area contributed by atoms with Gasteiger partial charge < -0.3 is 10.1 Å². The molecule has 0 saturated carbocycles. The highest BCUT2D eigenvalue weighted by Gasteiger charge is 2.39. The zero-order valence-corrected chi connectivity index (χ0v) is 15.1. The number of non-ortho nitro benzene ring substituents is 1. The summed E-state index contributed by atoms with van der Waals surface area (Å²) < 4.78 is 4.90. The van der Waals surface area contributed by atoms with E-state index in [1.807, 2.05) is 31.2 Å². The number of rotatable bonds is 3. The Balaban J connectivity index is 1.77. The summed E-state index contributed by atoms with van der Waals surface area (Å²) in [4.78, 5) is 22.6. The summed E-state index contributed by atoms with van der Waals surface area (Å²) in [6, 6.07) is 10.6. The monoisotopic (exact) mass is 364 g/mol. The minimum absolute atomic E-state index is 0.0184. The number of allylic oxidation sites excluding steroid dienone is 2. The molecule has 0 radical (unpaired) electrons.